The van der Waals surface area contributed by atoms with E-state index in [9.17, 15) is 4.79 Å². The van der Waals surface area contributed by atoms with E-state index < -0.39 is 0 Å². The first-order valence-electron chi connectivity index (χ1n) is 7.05. The average Bonchev–Trinajstić information content (AvgIpc) is 2.60. The van der Waals surface area contributed by atoms with Crippen LogP contribution in [0.5, 0.6) is 0 Å². The van der Waals surface area contributed by atoms with E-state index in [2.05, 4.69) is 18.9 Å². The molecule has 0 unspecified atom stereocenters. The highest BCUT2D eigenvalue weighted by Crippen LogP contribution is 2.15. The molecule has 5 heteroatoms. The van der Waals surface area contributed by atoms with E-state index in [0.29, 0.717) is 5.69 Å². The molecule has 1 aliphatic rings. The van der Waals surface area contributed by atoms with E-state index in [-0.39, 0.29) is 5.91 Å². The molecule has 2 heterocycles. The fourth-order valence-electron chi connectivity index (χ4n) is 2.55. The quantitative estimate of drug-likeness (QED) is 0.894. The minimum Gasteiger partial charge on any atom is -0.397 e. The maximum atomic E-state index is 12.6. The van der Waals surface area contributed by atoms with Gasteiger partial charge in [-0.2, -0.15) is 0 Å². The molecule has 0 saturated carbocycles. The Morgan fingerprint density at radius 1 is 1.32 bits per heavy atom. The van der Waals surface area contributed by atoms with Gasteiger partial charge in [0.05, 0.1) is 5.69 Å². The monoisotopic (exact) mass is 264 g/mol. The summed E-state index contributed by atoms with van der Waals surface area (Å²) in [5, 5.41) is 0. The van der Waals surface area contributed by atoms with E-state index in [0.717, 1.165) is 51.3 Å². The first-order chi connectivity index (χ1) is 9.11. The van der Waals surface area contributed by atoms with Crippen LogP contribution in [0.1, 0.15) is 30.3 Å². The van der Waals surface area contributed by atoms with Gasteiger partial charge in [0.15, 0.2) is 0 Å². The number of nitrogens with zero attached hydrogens (tertiary/aromatic N) is 3. The van der Waals surface area contributed by atoms with E-state index in [1.807, 2.05) is 15.7 Å². The predicted molar refractivity (Wildman–Crippen MR) is 77.2 cm³/mol. The molecule has 1 aromatic heterocycles. The molecule has 1 amide bonds. The minimum absolute atomic E-state index is 0.112. The molecule has 1 saturated heterocycles. The van der Waals surface area contributed by atoms with Gasteiger partial charge in [0.1, 0.15) is 5.69 Å². The first kappa shape index (κ1) is 13.9. The maximum Gasteiger partial charge on any atom is 0.270 e. The maximum absolute atomic E-state index is 12.6. The van der Waals surface area contributed by atoms with Crippen LogP contribution < -0.4 is 5.73 Å². The molecule has 1 aliphatic heterocycles. The van der Waals surface area contributed by atoms with Gasteiger partial charge in [0.25, 0.3) is 5.91 Å². The zero-order valence-corrected chi connectivity index (χ0v) is 11.9. The Kier molecular flexibility index (Phi) is 4.47. The molecule has 0 aromatic carbocycles. The van der Waals surface area contributed by atoms with Gasteiger partial charge in [-0.1, -0.05) is 6.92 Å². The number of anilines is 1. The van der Waals surface area contributed by atoms with E-state index >= 15 is 0 Å². The third-order valence-corrected chi connectivity index (χ3v) is 3.61. The molecule has 106 valence electrons. The normalized spacial score (nSPS) is 17.5. The number of carbonyl (C=O) groups excluding carboxylic acids is 1. The van der Waals surface area contributed by atoms with Gasteiger partial charge in [0.2, 0.25) is 0 Å². The van der Waals surface area contributed by atoms with Gasteiger partial charge in [-0.25, -0.2) is 0 Å². The fraction of sp³-hybridized carbons (Fsp3) is 0.643. The SMILES string of the molecule is CCCn1cc(N)cc1C(=O)N1CCCN(C)CC1. The molecule has 5 nitrogen and oxygen atoms in total. The summed E-state index contributed by atoms with van der Waals surface area (Å²) < 4.78 is 1.98. The number of likely N-dealkylation sites (N-methyl/N-ethyl adjacent to an activating group) is 1. The van der Waals surface area contributed by atoms with Crippen molar-refractivity contribution in [1.29, 1.82) is 0 Å². The molecular formula is C14H24N4O. The summed E-state index contributed by atoms with van der Waals surface area (Å²) in [6.45, 7) is 6.57. The Morgan fingerprint density at radius 3 is 2.84 bits per heavy atom. The lowest BCUT2D eigenvalue weighted by atomic mass is 10.3. The van der Waals surface area contributed by atoms with Crippen molar-refractivity contribution in [3.8, 4) is 0 Å². The van der Waals surface area contributed by atoms with Crippen molar-refractivity contribution in [2.24, 2.45) is 0 Å². The Morgan fingerprint density at radius 2 is 2.11 bits per heavy atom. The van der Waals surface area contributed by atoms with Crippen LogP contribution in [-0.4, -0.2) is 53.5 Å². The third kappa shape index (κ3) is 3.29. The smallest absolute Gasteiger partial charge is 0.270 e. The van der Waals surface area contributed by atoms with Gasteiger partial charge in [-0.05, 0) is 32.5 Å². The van der Waals surface area contributed by atoms with E-state index in [1.54, 1.807) is 6.07 Å². The van der Waals surface area contributed by atoms with E-state index in [4.69, 9.17) is 5.73 Å². The van der Waals surface area contributed by atoms with Crippen molar-refractivity contribution in [2.75, 3.05) is 39.0 Å². The molecule has 0 spiro atoms. The minimum atomic E-state index is 0.112. The highest BCUT2D eigenvalue weighted by molar-refractivity contribution is 5.93. The summed E-state index contributed by atoms with van der Waals surface area (Å²) in [5.74, 6) is 0.112. The summed E-state index contributed by atoms with van der Waals surface area (Å²) in [5.41, 5.74) is 7.23. The number of aryl methyl sites for hydroxylation is 1. The standard InChI is InChI=1S/C14H24N4O/c1-3-5-18-11-12(15)10-13(18)14(19)17-7-4-6-16(2)8-9-17/h10-11H,3-9,15H2,1-2H3. The summed E-state index contributed by atoms with van der Waals surface area (Å²) in [7, 11) is 2.10. The van der Waals surface area contributed by atoms with Crippen LogP contribution in [0, 0.1) is 0 Å². The predicted octanol–water partition coefficient (Wildman–Crippen LogP) is 1.26. The number of carbonyl (C=O) groups is 1. The van der Waals surface area contributed by atoms with Crippen molar-refractivity contribution in [2.45, 2.75) is 26.3 Å². The van der Waals surface area contributed by atoms with Crippen LogP contribution in [0.2, 0.25) is 0 Å². The number of hydrogen-bond donors (Lipinski definition) is 1. The number of aromatic nitrogens is 1. The summed E-state index contributed by atoms with van der Waals surface area (Å²) in [6, 6.07) is 1.80. The van der Waals surface area contributed by atoms with Gasteiger partial charge in [-0.3, -0.25) is 4.79 Å². The molecule has 1 aromatic rings. The summed E-state index contributed by atoms with van der Waals surface area (Å²) in [4.78, 5) is 16.8. The van der Waals surface area contributed by atoms with Crippen LogP contribution in [0.4, 0.5) is 5.69 Å². The van der Waals surface area contributed by atoms with Gasteiger partial charge in [-0.15, -0.1) is 0 Å². The summed E-state index contributed by atoms with van der Waals surface area (Å²) >= 11 is 0. The first-order valence-corrected chi connectivity index (χ1v) is 7.05. The Balaban J connectivity index is 2.14. The lowest BCUT2D eigenvalue weighted by Gasteiger charge is -2.21. The number of nitrogen functional groups attached to an aromatic ring is 1. The van der Waals surface area contributed by atoms with Crippen LogP contribution in [0.3, 0.4) is 0 Å². The molecular weight excluding hydrogens is 240 g/mol. The van der Waals surface area contributed by atoms with Crippen molar-refractivity contribution < 1.29 is 4.79 Å². The Labute approximate surface area is 115 Å². The number of nitrogens with two attached hydrogens (primary N) is 1. The van der Waals surface area contributed by atoms with Crippen LogP contribution >= 0.6 is 0 Å². The van der Waals surface area contributed by atoms with Crippen LogP contribution in [0.15, 0.2) is 12.3 Å². The topological polar surface area (TPSA) is 54.5 Å². The molecule has 19 heavy (non-hydrogen) atoms. The van der Waals surface area contributed by atoms with Crippen LogP contribution in [0.25, 0.3) is 0 Å². The Hall–Kier alpha value is -1.49. The zero-order chi connectivity index (χ0) is 13.8. The second-order valence-corrected chi connectivity index (χ2v) is 5.30. The summed E-state index contributed by atoms with van der Waals surface area (Å²) in [6.07, 6.45) is 3.89. The third-order valence-electron chi connectivity index (χ3n) is 3.61. The van der Waals surface area contributed by atoms with E-state index in [1.165, 1.54) is 0 Å². The second-order valence-electron chi connectivity index (χ2n) is 5.30. The average molecular weight is 264 g/mol. The van der Waals surface area contributed by atoms with Crippen molar-refractivity contribution in [1.82, 2.24) is 14.4 Å². The number of hydrogen-bond acceptors (Lipinski definition) is 3. The number of rotatable bonds is 3. The highest BCUT2D eigenvalue weighted by atomic mass is 16.2. The lowest BCUT2D eigenvalue weighted by Crippen LogP contribution is -2.35. The van der Waals surface area contributed by atoms with Crippen LogP contribution in [-0.2, 0) is 6.54 Å². The highest BCUT2D eigenvalue weighted by Gasteiger charge is 2.21. The van der Waals surface area contributed by atoms with Gasteiger partial charge < -0.3 is 20.1 Å². The van der Waals surface area contributed by atoms with Gasteiger partial charge in [0, 0.05) is 32.4 Å². The second kappa shape index (κ2) is 6.10. The molecule has 1 fully saturated rings. The Bertz CT molecular complexity index is 441. The molecule has 2 N–H and O–H groups in total. The lowest BCUT2D eigenvalue weighted by molar-refractivity contribution is 0.0752. The zero-order valence-electron chi connectivity index (χ0n) is 11.9. The molecule has 2 rings (SSSR count). The molecule has 0 aliphatic carbocycles. The number of amides is 1. The van der Waals surface area contributed by atoms with Crippen molar-refractivity contribution in [3.63, 3.8) is 0 Å². The fourth-order valence-corrected chi connectivity index (χ4v) is 2.55. The molecule has 0 bridgehead atoms. The molecule has 0 radical (unpaired) electrons. The largest absolute Gasteiger partial charge is 0.397 e. The van der Waals surface area contributed by atoms with Crippen molar-refractivity contribution >= 4 is 11.6 Å². The molecule has 0 atom stereocenters. The van der Waals surface area contributed by atoms with Gasteiger partial charge >= 0.3 is 0 Å². The van der Waals surface area contributed by atoms with Crippen molar-refractivity contribution in [3.05, 3.63) is 18.0 Å².